The van der Waals surface area contributed by atoms with Crippen LogP contribution in [0.2, 0.25) is 0 Å². The Balaban J connectivity index is 2.72. The Kier molecular flexibility index (Phi) is 6.33. The van der Waals surface area contributed by atoms with E-state index in [-0.39, 0.29) is 11.2 Å². The van der Waals surface area contributed by atoms with Gasteiger partial charge in [-0.15, -0.1) is 0 Å². The van der Waals surface area contributed by atoms with Crippen molar-refractivity contribution in [1.82, 2.24) is 9.97 Å². The van der Waals surface area contributed by atoms with Gasteiger partial charge < -0.3 is 0 Å². The Labute approximate surface area is 114 Å². The summed E-state index contributed by atoms with van der Waals surface area (Å²) in [7, 11) is 0. The molecule has 1 unspecified atom stereocenters. The number of Topliss-reactive ketones (excluding diaryl/α,β-unsaturated/α-hetero) is 1. The largest absolute Gasteiger partial charge is 0.299 e. The minimum absolute atomic E-state index is 0.0942. The highest BCUT2D eigenvalue weighted by Crippen LogP contribution is 2.33. The molecule has 0 aliphatic carbocycles. The van der Waals surface area contributed by atoms with Gasteiger partial charge in [0.05, 0.1) is 0 Å². The van der Waals surface area contributed by atoms with Gasteiger partial charge in [-0.3, -0.25) is 4.79 Å². The van der Waals surface area contributed by atoms with Crippen LogP contribution in [0.25, 0.3) is 0 Å². The quantitative estimate of drug-likeness (QED) is 0.757. The predicted octanol–water partition coefficient (Wildman–Crippen LogP) is 3.52. The first kappa shape index (κ1) is 15.2. The maximum atomic E-state index is 11.9. The number of rotatable bonds is 7. The van der Waals surface area contributed by atoms with Crippen molar-refractivity contribution in [2.75, 3.05) is 5.75 Å². The van der Waals surface area contributed by atoms with Gasteiger partial charge in [0.15, 0.2) is 0 Å². The lowest BCUT2D eigenvalue weighted by atomic mass is 10.0. The van der Waals surface area contributed by atoms with E-state index in [0.717, 1.165) is 11.3 Å². The first-order valence-corrected chi connectivity index (χ1v) is 7.44. The highest BCUT2D eigenvalue weighted by molar-refractivity contribution is 7.99. The van der Waals surface area contributed by atoms with Crippen LogP contribution in [-0.2, 0) is 4.79 Å². The molecule has 0 saturated heterocycles. The molecule has 1 rings (SSSR count). The lowest BCUT2D eigenvalue weighted by molar-refractivity contribution is -0.121. The smallest absolute Gasteiger partial charge is 0.136 e. The summed E-state index contributed by atoms with van der Waals surface area (Å²) in [5.74, 6) is 2.07. The molecule has 1 aromatic heterocycles. The third kappa shape index (κ3) is 5.17. The van der Waals surface area contributed by atoms with Gasteiger partial charge in [0.1, 0.15) is 12.1 Å². The lowest BCUT2D eigenvalue weighted by Gasteiger charge is -2.17. The number of carbonyl (C=O) groups is 1. The molecule has 0 fully saturated rings. The molecule has 1 aromatic rings. The van der Waals surface area contributed by atoms with Gasteiger partial charge in [0, 0.05) is 35.5 Å². The molecule has 100 valence electrons. The van der Waals surface area contributed by atoms with E-state index in [1.54, 1.807) is 0 Å². The summed E-state index contributed by atoms with van der Waals surface area (Å²) in [6.07, 6.45) is 5.73. The fourth-order valence-corrected chi connectivity index (χ4v) is 2.69. The number of hydrogen-bond acceptors (Lipinski definition) is 4. The van der Waals surface area contributed by atoms with Crippen molar-refractivity contribution < 1.29 is 4.79 Å². The molecule has 0 bridgehead atoms. The van der Waals surface area contributed by atoms with E-state index < -0.39 is 0 Å². The average Bonchev–Trinajstić information content (AvgIpc) is 2.34. The van der Waals surface area contributed by atoms with Gasteiger partial charge in [-0.1, -0.05) is 27.7 Å². The van der Waals surface area contributed by atoms with Gasteiger partial charge in [0.2, 0.25) is 0 Å². The third-order valence-electron chi connectivity index (χ3n) is 2.61. The van der Waals surface area contributed by atoms with Gasteiger partial charge in [-0.05, 0) is 11.7 Å². The van der Waals surface area contributed by atoms with Crippen molar-refractivity contribution in [2.24, 2.45) is 11.8 Å². The normalized spacial score (nSPS) is 13.0. The van der Waals surface area contributed by atoms with Crippen LogP contribution in [-0.4, -0.2) is 21.5 Å². The first-order valence-electron chi connectivity index (χ1n) is 6.40. The van der Waals surface area contributed by atoms with Crippen molar-refractivity contribution in [3.05, 3.63) is 24.3 Å². The van der Waals surface area contributed by atoms with Crippen LogP contribution in [0.1, 0.15) is 44.9 Å². The number of ketones is 1. The summed E-state index contributed by atoms with van der Waals surface area (Å²) in [6, 6.07) is 0. The highest BCUT2D eigenvalue weighted by atomic mass is 32.2. The van der Waals surface area contributed by atoms with E-state index in [1.807, 2.05) is 38.0 Å². The monoisotopic (exact) mass is 266 g/mol. The molecule has 3 nitrogen and oxygen atoms in total. The van der Waals surface area contributed by atoms with E-state index >= 15 is 0 Å². The molecule has 0 radical (unpaired) electrons. The van der Waals surface area contributed by atoms with E-state index in [9.17, 15) is 4.79 Å². The summed E-state index contributed by atoms with van der Waals surface area (Å²) in [5, 5.41) is 0.184. The molecule has 0 saturated carbocycles. The Bertz CT molecular complexity index is 365. The molecule has 4 heteroatoms. The molecule has 1 heterocycles. The van der Waals surface area contributed by atoms with Gasteiger partial charge >= 0.3 is 0 Å². The van der Waals surface area contributed by atoms with Crippen LogP contribution in [0, 0.1) is 11.8 Å². The standard InChI is InChI=1S/C14H22N2OS/c1-10(2)8-18-14(5-13(17)11(3)4)12-6-15-9-16-7-12/h6-7,9-11,14H,5,8H2,1-4H3. The zero-order chi connectivity index (χ0) is 13.5. The summed E-state index contributed by atoms with van der Waals surface area (Å²) in [5.41, 5.74) is 1.05. The summed E-state index contributed by atoms with van der Waals surface area (Å²) in [6.45, 7) is 8.29. The van der Waals surface area contributed by atoms with E-state index in [0.29, 0.717) is 18.1 Å². The second-order valence-electron chi connectivity index (χ2n) is 5.21. The maximum Gasteiger partial charge on any atom is 0.136 e. The Hall–Kier alpha value is -0.900. The molecule has 0 aromatic carbocycles. The molecule has 0 amide bonds. The second-order valence-corrected chi connectivity index (χ2v) is 6.45. The van der Waals surface area contributed by atoms with Crippen LogP contribution < -0.4 is 0 Å². The third-order valence-corrected chi connectivity index (χ3v) is 4.31. The SMILES string of the molecule is CC(C)CSC(CC(=O)C(C)C)c1cncnc1. The van der Waals surface area contributed by atoms with Crippen molar-refractivity contribution >= 4 is 17.5 Å². The number of thioether (sulfide) groups is 1. The Morgan fingerprint density at radius 3 is 2.33 bits per heavy atom. The van der Waals surface area contributed by atoms with Gasteiger partial charge in [-0.2, -0.15) is 11.8 Å². The summed E-state index contributed by atoms with van der Waals surface area (Å²) in [4.78, 5) is 20.0. The van der Waals surface area contributed by atoms with Crippen molar-refractivity contribution in [3.8, 4) is 0 Å². The zero-order valence-corrected chi connectivity index (χ0v) is 12.4. The van der Waals surface area contributed by atoms with Crippen LogP contribution in [0.15, 0.2) is 18.7 Å². The zero-order valence-electron chi connectivity index (χ0n) is 11.6. The molecule has 0 N–H and O–H groups in total. The summed E-state index contributed by atoms with van der Waals surface area (Å²) < 4.78 is 0. The van der Waals surface area contributed by atoms with E-state index in [4.69, 9.17) is 0 Å². The number of nitrogens with zero attached hydrogens (tertiary/aromatic N) is 2. The fraction of sp³-hybridized carbons (Fsp3) is 0.643. The first-order chi connectivity index (χ1) is 8.50. The Morgan fingerprint density at radius 2 is 1.83 bits per heavy atom. The second kappa shape index (κ2) is 7.52. The van der Waals surface area contributed by atoms with Gasteiger partial charge in [-0.25, -0.2) is 9.97 Å². The minimum Gasteiger partial charge on any atom is -0.299 e. The number of hydrogen-bond donors (Lipinski definition) is 0. The fourth-order valence-electron chi connectivity index (χ4n) is 1.48. The van der Waals surface area contributed by atoms with Crippen LogP contribution in [0.4, 0.5) is 0 Å². The van der Waals surface area contributed by atoms with Crippen molar-refractivity contribution in [3.63, 3.8) is 0 Å². The number of aromatic nitrogens is 2. The predicted molar refractivity (Wildman–Crippen MR) is 76.5 cm³/mol. The summed E-state index contributed by atoms with van der Waals surface area (Å²) >= 11 is 1.83. The molecular weight excluding hydrogens is 244 g/mol. The van der Waals surface area contributed by atoms with Crippen molar-refractivity contribution in [1.29, 1.82) is 0 Å². The topological polar surface area (TPSA) is 42.9 Å². The molecule has 1 atom stereocenters. The van der Waals surface area contributed by atoms with E-state index in [2.05, 4.69) is 23.8 Å². The van der Waals surface area contributed by atoms with Crippen LogP contribution >= 0.6 is 11.8 Å². The number of carbonyl (C=O) groups excluding carboxylic acids is 1. The average molecular weight is 266 g/mol. The Morgan fingerprint density at radius 1 is 1.22 bits per heavy atom. The molecular formula is C14H22N2OS. The van der Waals surface area contributed by atoms with Crippen LogP contribution in [0.3, 0.4) is 0 Å². The maximum absolute atomic E-state index is 11.9. The molecule has 0 aliphatic heterocycles. The van der Waals surface area contributed by atoms with E-state index in [1.165, 1.54) is 6.33 Å². The van der Waals surface area contributed by atoms with Crippen LogP contribution in [0.5, 0.6) is 0 Å². The minimum atomic E-state index is 0.0942. The molecule has 18 heavy (non-hydrogen) atoms. The van der Waals surface area contributed by atoms with Gasteiger partial charge in [0.25, 0.3) is 0 Å². The highest BCUT2D eigenvalue weighted by Gasteiger charge is 2.19. The van der Waals surface area contributed by atoms with Crippen molar-refractivity contribution in [2.45, 2.75) is 39.4 Å². The lowest BCUT2D eigenvalue weighted by Crippen LogP contribution is -2.12. The molecule has 0 aliphatic rings. The molecule has 0 spiro atoms.